The number of fused-ring (bicyclic) bond motifs is 2. The second-order valence-corrected chi connectivity index (χ2v) is 14.4. The summed E-state index contributed by atoms with van der Waals surface area (Å²) in [5.74, 6) is -4.25. The molecule has 6 rings (SSSR count). The smallest absolute Gasteiger partial charge is 0.350 e. The molecule has 2 aliphatic heterocycles. The van der Waals surface area contributed by atoms with Crippen molar-refractivity contribution in [3.63, 3.8) is 0 Å². The molecular weight excluding hydrogens is 711 g/mol. The molecule has 260 valence electrons. The summed E-state index contributed by atoms with van der Waals surface area (Å²) >= 11 is 3.61. The van der Waals surface area contributed by atoms with E-state index in [1.54, 1.807) is 0 Å². The molecule has 0 spiro atoms. The zero-order valence-corrected chi connectivity index (χ0v) is 28.8. The molecule has 1 saturated heterocycles. The lowest BCUT2D eigenvalue weighted by atomic mass is 10.0. The number of hydrogen-bond donors (Lipinski definition) is 5. The summed E-state index contributed by atoms with van der Waals surface area (Å²) in [6, 6.07) is 2.70. The fourth-order valence-electron chi connectivity index (χ4n) is 5.16. The highest BCUT2D eigenvalue weighted by molar-refractivity contribution is 8.00. The number of oxime groups is 1. The Balaban J connectivity index is 1.18. The van der Waals surface area contributed by atoms with Crippen molar-refractivity contribution in [2.24, 2.45) is 21.6 Å². The zero-order chi connectivity index (χ0) is 35.9. The van der Waals surface area contributed by atoms with E-state index in [2.05, 4.69) is 25.4 Å². The number of rotatable bonds is 12. The summed E-state index contributed by atoms with van der Waals surface area (Å²) in [5, 5.41) is 32.1. The highest BCUT2D eigenvalue weighted by Gasteiger charge is 2.53. The number of carbonyl (C=O) groups is 4. The SMILES string of the molecule is CC(C)(O/N=C(\C(=O)N[C@@H]1C(=O)N2C(C(=O)[O-])=C(C[n+]3ccc4c(ccn4Cc4csc(N=C(N)N)n4)c3)CS[C@H]12)c1csc(N)n1)C(=O)O. The van der Waals surface area contributed by atoms with Crippen LogP contribution in [0.1, 0.15) is 25.2 Å². The van der Waals surface area contributed by atoms with Crippen LogP contribution in [0.25, 0.3) is 10.9 Å². The summed E-state index contributed by atoms with van der Waals surface area (Å²) in [6.45, 7) is 3.13. The van der Waals surface area contributed by atoms with Gasteiger partial charge in [-0.05, 0) is 19.9 Å². The summed E-state index contributed by atoms with van der Waals surface area (Å²) in [5.41, 5.74) is 16.3. The number of nitrogen functional groups attached to an aromatic ring is 1. The van der Waals surface area contributed by atoms with Crippen LogP contribution >= 0.6 is 34.4 Å². The van der Waals surface area contributed by atoms with Crippen LogP contribution in [0, 0.1) is 0 Å². The number of carboxylic acid groups (broad SMARTS) is 2. The molecule has 0 aliphatic carbocycles. The first-order valence-corrected chi connectivity index (χ1v) is 17.4. The monoisotopic (exact) mass is 739 g/mol. The highest BCUT2D eigenvalue weighted by atomic mass is 32.2. The second kappa shape index (κ2) is 13.4. The van der Waals surface area contributed by atoms with Gasteiger partial charge < -0.3 is 46.9 Å². The lowest BCUT2D eigenvalue weighted by molar-refractivity contribution is -0.687. The molecule has 21 heteroatoms. The minimum atomic E-state index is -1.78. The number of carboxylic acids is 2. The number of thiazole rings is 2. The van der Waals surface area contributed by atoms with Gasteiger partial charge in [0.05, 0.1) is 34.8 Å². The quantitative estimate of drug-likeness (QED) is 0.0387. The van der Waals surface area contributed by atoms with Gasteiger partial charge in [-0.1, -0.05) is 5.16 Å². The van der Waals surface area contributed by atoms with Crippen molar-refractivity contribution in [1.29, 1.82) is 0 Å². The Morgan fingerprint density at radius 2 is 2.00 bits per heavy atom. The number of carbonyl (C=O) groups excluding carboxylic acids is 3. The van der Waals surface area contributed by atoms with Gasteiger partial charge in [0.2, 0.25) is 10.7 Å². The molecule has 18 nitrogen and oxygen atoms in total. The van der Waals surface area contributed by atoms with E-state index in [-0.39, 0.29) is 34.8 Å². The first-order valence-electron chi connectivity index (χ1n) is 14.6. The molecule has 2 aliphatic rings. The van der Waals surface area contributed by atoms with Crippen molar-refractivity contribution in [2.75, 3.05) is 11.5 Å². The van der Waals surface area contributed by atoms with E-state index in [9.17, 15) is 29.4 Å². The predicted molar refractivity (Wildman–Crippen MR) is 182 cm³/mol. The van der Waals surface area contributed by atoms with Crippen molar-refractivity contribution in [2.45, 2.75) is 44.0 Å². The molecule has 50 heavy (non-hydrogen) atoms. The number of thioether (sulfide) groups is 1. The lowest BCUT2D eigenvalue weighted by Gasteiger charge is -2.50. The van der Waals surface area contributed by atoms with Crippen LogP contribution in [-0.2, 0) is 37.1 Å². The Morgan fingerprint density at radius 1 is 1.22 bits per heavy atom. The minimum Gasteiger partial charge on any atom is -0.543 e. The lowest BCUT2D eigenvalue weighted by Crippen LogP contribution is -2.71. The van der Waals surface area contributed by atoms with Gasteiger partial charge in [0, 0.05) is 34.3 Å². The topological polar surface area (TPSA) is 273 Å². The molecule has 0 bridgehead atoms. The summed E-state index contributed by atoms with van der Waals surface area (Å²) in [6.07, 6.45) is 5.59. The summed E-state index contributed by atoms with van der Waals surface area (Å²) in [4.78, 5) is 69.3. The van der Waals surface area contributed by atoms with E-state index in [0.717, 1.165) is 32.8 Å². The van der Waals surface area contributed by atoms with Crippen LogP contribution in [0.4, 0.5) is 10.3 Å². The maximum absolute atomic E-state index is 13.4. The number of aliphatic imine (C=N–C) groups is 1. The Bertz CT molecular complexity index is 2130. The fraction of sp³-hybridized carbons (Fsp3) is 0.276. The van der Waals surface area contributed by atoms with Gasteiger partial charge in [0.15, 0.2) is 35.7 Å². The molecule has 2 atom stereocenters. The van der Waals surface area contributed by atoms with Gasteiger partial charge in [-0.2, -0.15) is 4.99 Å². The maximum atomic E-state index is 13.4. The molecule has 0 radical (unpaired) electrons. The molecule has 1 fully saturated rings. The average molecular weight is 740 g/mol. The number of anilines is 1. The number of nitrogens with two attached hydrogens (primary N) is 3. The predicted octanol–water partition coefficient (Wildman–Crippen LogP) is -0.935. The Morgan fingerprint density at radius 3 is 2.68 bits per heavy atom. The number of nitrogens with one attached hydrogen (secondary N) is 1. The van der Waals surface area contributed by atoms with E-state index in [0.29, 0.717) is 17.2 Å². The third-order valence-electron chi connectivity index (χ3n) is 7.63. The van der Waals surface area contributed by atoms with E-state index in [4.69, 9.17) is 22.0 Å². The molecule has 0 saturated carbocycles. The molecule has 0 aromatic carbocycles. The summed E-state index contributed by atoms with van der Waals surface area (Å²) in [7, 11) is 0. The number of guanidine groups is 1. The van der Waals surface area contributed by atoms with Crippen molar-refractivity contribution >= 4 is 91.0 Å². The molecular formula is C29H29N11O7S3. The van der Waals surface area contributed by atoms with Gasteiger partial charge in [-0.15, -0.1) is 34.4 Å². The third-order valence-corrected chi connectivity index (χ3v) is 10.4. The van der Waals surface area contributed by atoms with Gasteiger partial charge in [0.25, 0.3) is 11.8 Å². The van der Waals surface area contributed by atoms with Crippen LogP contribution < -0.4 is 32.2 Å². The molecule has 4 aromatic heterocycles. The molecule has 2 amide bonds. The number of hydrogen-bond acceptors (Lipinski definition) is 14. The standard InChI is InChI=1S/C29H29N11O7S3/c1-29(2,25(45)46)47-37-18(16-12-49-27(32)34-16)21(41)35-19-22(42)40-20(24(43)44)14(10-48-23(19)40)8-38-5-4-17-13(7-38)3-6-39(17)9-15-11-50-28(33-15)36-26(30)31/h3-7,11-12,19,23H,8-10H2,1-2H3,(H8-,30,31,32,33,34,35,36,41,43,44,45,46)/b37-18-/t19-,23-/m1/s1. The van der Waals surface area contributed by atoms with Crippen molar-refractivity contribution < 1.29 is 38.8 Å². The maximum Gasteiger partial charge on any atom is 0.350 e. The van der Waals surface area contributed by atoms with Crippen molar-refractivity contribution in [3.05, 3.63) is 64.1 Å². The van der Waals surface area contributed by atoms with E-state index in [1.165, 1.54) is 42.3 Å². The zero-order valence-electron chi connectivity index (χ0n) is 26.3. The van der Waals surface area contributed by atoms with Gasteiger partial charge in [-0.25, -0.2) is 19.3 Å². The third kappa shape index (κ3) is 6.82. The summed E-state index contributed by atoms with van der Waals surface area (Å²) < 4.78 is 3.82. The fourth-order valence-corrected chi connectivity index (χ4v) is 7.74. The number of β-lactam (4-membered cyclic amide) rings is 1. The molecule has 6 heterocycles. The first-order chi connectivity index (χ1) is 23.7. The number of pyridine rings is 1. The molecule has 4 aromatic rings. The van der Waals surface area contributed by atoms with Crippen LogP contribution in [0.15, 0.2) is 62.9 Å². The van der Waals surface area contributed by atoms with Gasteiger partial charge >= 0.3 is 5.97 Å². The van der Waals surface area contributed by atoms with Crippen molar-refractivity contribution in [3.8, 4) is 0 Å². The van der Waals surface area contributed by atoms with Gasteiger partial charge in [0.1, 0.15) is 17.1 Å². The van der Waals surface area contributed by atoms with Crippen LogP contribution in [0.3, 0.4) is 0 Å². The largest absolute Gasteiger partial charge is 0.543 e. The Labute approximate surface area is 294 Å². The minimum absolute atomic E-state index is 0.00757. The van der Waals surface area contributed by atoms with E-state index in [1.807, 2.05) is 45.2 Å². The van der Waals surface area contributed by atoms with Crippen LogP contribution in [0.2, 0.25) is 0 Å². The van der Waals surface area contributed by atoms with E-state index < -0.39 is 46.5 Å². The first kappa shape index (κ1) is 34.3. The second-order valence-electron chi connectivity index (χ2n) is 11.6. The van der Waals surface area contributed by atoms with Crippen molar-refractivity contribution in [1.82, 2.24) is 24.8 Å². The molecule has 0 unspecified atom stereocenters. The normalized spacial score (nSPS) is 17.7. The van der Waals surface area contributed by atoms with Gasteiger partial charge in [-0.3, -0.25) is 14.5 Å². The number of aromatic nitrogens is 4. The Kier molecular flexibility index (Phi) is 9.20. The van der Waals surface area contributed by atoms with Crippen LogP contribution in [-0.4, -0.2) is 82.7 Å². The number of amides is 2. The number of nitrogens with zero attached hydrogens (tertiary/aromatic N) is 7. The number of aliphatic carboxylic acids is 2. The van der Waals surface area contributed by atoms with Crippen LogP contribution in [0.5, 0.6) is 0 Å². The average Bonchev–Trinajstić information content (AvgIpc) is 3.79. The highest BCUT2D eigenvalue weighted by Crippen LogP contribution is 2.40. The molecule has 8 N–H and O–H groups in total. The van der Waals surface area contributed by atoms with E-state index >= 15 is 0 Å². The Hall–Kier alpha value is -5.54.